The molecule has 0 unspecified atom stereocenters. The third-order valence-corrected chi connectivity index (χ3v) is 7.45. The Bertz CT molecular complexity index is 1780. The number of tetrazole rings is 1. The molecule has 220 valence electrons. The summed E-state index contributed by atoms with van der Waals surface area (Å²) in [6, 6.07) is 20.1. The van der Waals surface area contributed by atoms with Gasteiger partial charge in [0, 0.05) is 29.1 Å². The normalized spacial score (nSPS) is 10.9. The number of benzene rings is 4. The Morgan fingerprint density at radius 3 is 2.51 bits per heavy atom. The van der Waals surface area contributed by atoms with Gasteiger partial charge in [-0.05, 0) is 45.8 Å². The predicted octanol–water partition coefficient (Wildman–Crippen LogP) is 4.30. The molecule has 0 aliphatic rings. The number of phenols is 1. The number of nitrogens with zero attached hydrogens (tertiary/aromatic N) is 5. The number of hydrogen-bond donors (Lipinski definition) is 3. The molecule has 0 radical (unpaired) electrons. The number of nitrogens with one attached hydrogen (secondary N) is 1. The molecule has 0 saturated heterocycles. The number of aromatic nitrogens is 4. The van der Waals surface area contributed by atoms with Crippen LogP contribution >= 0.6 is 11.8 Å². The lowest BCUT2D eigenvalue weighted by molar-refractivity contribution is -0.385. The fraction of sp³-hybridized carbons (Fsp3) is 0.172. The van der Waals surface area contributed by atoms with E-state index < -0.39 is 10.8 Å². The predicted molar refractivity (Wildman–Crippen MR) is 158 cm³/mol. The minimum absolute atomic E-state index is 0.0138. The SMILES string of the molecule is COc1ccc(Cn2nnnc2SCc2ccc(Oc3cc(C(=O)NCCO)c(O)c4ccccc34)c([N+](=O)[O-])c2)cc1. The number of carbonyl (C=O) groups excluding carboxylic acids is 1. The van der Waals surface area contributed by atoms with E-state index in [0.717, 1.165) is 11.3 Å². The zero-order valence-electron chi connectivity index (χ0n) is 22.8. The number of aromatic hydroxyl groups is 1. The third-order valence-electron chi connectivity index (χ3n) is 6.42. The number of hydrogen-bond acceptors (Lipinski definition) is 11. The number of carbonyl (C=O) groups is 1. The molecule has 5 rings (SSSR count). The summed E-state index contributed by atoms with van der Waals surface area (Å²) in [6.45, 7) is 0.144. The van der Waals surface area contributed by atoms with Crippen LogP contribution in [0.3, 0.4) is 0 Å². The molecule has 1 amide bonds. The molecule has 43 heavy (non-hydrogen) atoms. The van der Waals surface area contributed by atoms with Crippen LogP contribution in [0.4, 0.5) is 5.69 Å². The highest BCUT2D eigenvalue weighted by Crippen LogP contribution is 2.40. The van der Waals surface area contributed by atoms with E-state index in [1.807, 2.05) is 24.3 Å². The van der Waals surface area contributed by atoms with Crippen molar-refractivity contribution < 1.29 is 29.4 Å². The molecule has 1 aromatic heterocycles. The van der Waals surface area contributed by atoms with Crippen molar-refractivity contribution in [3.63, 3.8) is 0 Å². The van der Waals surface area contributed by atoms with Crippen molar-refractivity contribution in [1.82, 2.24) is 25.5 Å². The van der Waals surface area contributed by atoms with Gasteiger partial charge >= 0.3 is 5.69 Å². The summed E-state index contributed by atoms with van der Waals surface area (Å²) in [5.74, 6) is 0.298. The van der Waals surface area contributed by atoms with Crippen molar-refractivity contribution in [2.24, 2.45) is 0 Å². The van der Waals surface area contributed by atoms with Gasteiger partial charge in [0.15, 0.2) is 0 Å². The van der Waals surface area contributed by atoms with Gasteiger partial charge in [0.1, 0.15) is 17.2 Å². The topological polar surface area (TPSA) is 175 Å². The first kappa shape index (κ1) is 29.3. The lowest BCUT2D eigenvalue weighted by Crippen LogP contribution is -2.26. The molecule has 0 atom stereocenters. The second-order valence-electron chi connectivity index (χ2n) is 9.21. The van der Waals surface area contributed by atoms with Crippen molar-refractivity contribution >= 4 is 34.1 Å². The summed E-state index contributed by atoms with van der Waals surface area (Å²) in [5, 5.41) is 47.6. The van der Waals surface area contributed by atoms with E-state index in [2.05, 4.69) is 20.8 Å². The number of amides is 1. The van der Waals surface area contributed by atoms with Crippen LogP contribution in [0.15, 0.2) is 78.0 Å². The summed E-state index contributed by atoms with van der Waals surface area (Å²) in [7, 11) is 1.60. The molecule has 3 N–H and O–H groups in total. The number of methoxy groups -OCH3 is 1. The summed E-state index contributed by atoms with van der Waals surface area (Å²) in [5.41, 5.74) is 1.25. The Labute approximate surface area is 249 Å². The fourth-order valence-corrected chi connectivity index (χ4v) is 5.12. The Hall–Kier alpha value is -5.21. The van der Waals surface area contributed by atoms with Crippen LogP contribution in [0.2, 0.25) is 0 Å². The first-order valence-electron chi connectivity index (χ1n) is 13.0. The van der Waals surface area contributed by atoms with Gasteiger partial charge in [-0.2, -0.15) is 0 Å². The molecule has 1 heterocycles. The number of rotatable bonds is 12. The molecule has 4 aromatic carbocycles. The van der Waals surface area contributed by atoms with Crippen molar-refractivity contribution in [2.45, 2.75) is 17.5 Å². The van der Waals surface area contributed by atoms with E-state index >= 15 is 0 Å². The van der Waals surface area contributed by atoms with Gasteiger partial charge in [-0.15, -0.1) is 5.10 Å². The van der Waals surface area contributed by atoms with Crippen molar-refractivity contribution in [3.05, 3.63) is 99.6 Å². The fourth-order valence-electron chi connectivity index (χ4n) is 4.30. The molecule has 0 aliphatic heterocycles. The number of ether oxygens (including phenoxy) is 2. The standard InChI is InChI=1S/C29H26N6O7S/c1-41-20-9-6-18(7-10-20)16-34-29(31-32-33-34)43-17-19-8-11-25(24(14-19)35(39)40)42-26-15-23(28(38)30-12-13-36)27(37)22-5-3-2-4-21(22)26/h2-11,14-15,36-37H,12-13,16-17H2,1H3,(H,30,38). The molecule has 0 bridgehead atoms. The smallest absolute Gasteiger partial charge is 0.311 e. The first-order valence-corrected chi connectivity index (χ1v) is 14.0. The number of thioether (sulfide) groups is 1. The van der Waals surface area contributed by atoms with Crippen LogP contribution in [0.1, 0.15) is 21.5 Å². The number of nitro groups is 1. The number of phenolic OH excluding ortho intramolecular Hbond substituents is 1. The first-order chi connectivity index (χ1) is 20.9. The summed E-state index contributed by atoms with van der Waals surface area (Å²) < 4.78 is 12.8. The van der Waals surface area contributed by atoms with Gasteiger partial charge in [0.05, 0.1) is 30.7 Å². The maximum absolute atomic E-state index is 12.6. The molecule has 0 spiro atoms. The van der Waals surface area contributed by atoms with E-state index in [1.54, 1.807) is 42.1 Å². The van der Waals surface area contributed by atoms with Crippen molar-refractivity contribution in [1.29, 1.82) is 0 Å². The minimum atomic E-state index is -0.627. The maximum atomic E-state index is 12.6. The van der Waals surface area contributed by atoms with Crippen molar-refractivity contribution in [3.8, 4) is 23.0 Å². The molecule has 14 heteroatoms. The number of fused-ring (bicyclic) bond motifs is 1. The zero-order chi connectivity index (χ0) is 30.3. The van der Waals surface area contributed by atoms with E-state index in [0.29, 0.717) is 33.8 Å². The Balaban J connectivity index is 1.37. The molecule has 0 saturated carbocycles. The van der Waals surface area contributed by atoms with Gasteiger partial charge in [-0.3, -0.25) is 14.9 Å². The quantitative estimate of drug-likeness (QED) is 0.105. The monoisotopic (exact) mass is 602 g/mol. The minimum Gasteiger partial charge on any atom is -0.506 e. The number of aliphatic hydroxyl groups is 1. The molecular formula is C29H26N6O7S. The lowest BCUT2D eigenvalue weighted by atomic mass is 10.0. The number of aliphatic hydroxyl groups excluding tert-OH is 1. The Kier molecular flexibility index (Phi) is 8.98. The van der Waals surface area contributed by atoms with Gasteiger partial charge in [-0.1, -0.05) is 54.2 Å². The zero-order valence-corrected chi connectivity index (χ0v) is 23.7. The van der Waals surface area contributed by atoms with Crippen LogP contribution in [0.25, 0.3) is 10.8 Å². The highest BCUT2D eigenvalue weighted by molar-refractivity contribution is 7.98. The van der Waals surface area contributed by atoms with Crippen LogP contribution < -0.4 is 14.8 Å². The van der Waals surface area contributed by atoms with E-state index in [9.17, 15) is 20.0 Å². The Morgan fingerprint density at radius 1 is 1.05 bits per heavy atom. The highest BCUT2D eigenvalue weighted by atomic mass is 32.2. The average Bonchev–Trinajstić information content (AvgIpc) is 3.47. The van der Waals surface area contributed by atoms with Gasteiger partial charge in [-0.25, -0.2) is 4.68 Å². The molecule has 0 fully saturated rings. The summed E-state index contributed by atoms with van der Waals surface area (Å²) in [4.78, 5) is 24.2. The van der Waals surface area contributed by atoms with E-state index in [1.165, 1.54) is 30.0 Å². The maximum Gasteiger partial charge on any atom is 0.311 e. The van der Waals surface area contributed by atoms with Crippen LogP contribution in [-0.2, 0) is 12.3 Å². The highest BCUT2D eigenvalue weighted by Gasteiger charge is 2.22. The second-order valence-corrected chi connectivity index (χ2v) is 10.2. The largest absolute Gasteiger partial charge is 0.506 e. The molecular weight excluding hydrogens is 576 g/mol. The average molecular weight is 603 g/mol. The molecule has 13 nitrogen and oxygen atoms in total. The van der Waals surface area contributed by atoms with E-state index in [-0.39, 0.29) is 41.7 Å². The molecule has 0 aliphatic carbocycles. The van der Waals surface area contributed by atoms with Gasteiger partial charge < -0.3 is 25.0 Å². The molecule has 5 aromatic rings. The summed E-state index contributed by atoms with van der Waals surface area (Å²) in [6.07, 6.45) is 0. The van der Waals surface area contributed by atoms with Crippen LogP contribution in [0.5, 0.6) is 23.0 Å². The third kappa shape index (κ3) is 6.66. The summed E-state index contributed by atoms with van der Waals surface area (Å²) >= 11 is 1.33. The van der Waals surface area contributed by atoms with Crippen LogP contribution in [0, 0.1) is 10.1 Å². The number of nitro benzene ring substituents is 1. The van der Waals surface area contributed by atoms with E-state index in [4.69, 9.17) is 14.6 Å². The van der Waals surface area contributed by atoms with Crippen LogP contribution in [-0.4, -0.2) is 61.5 Å². The van der Waals surface area contributed by atoms with Crippen molar-refractivity contribution in [2.75, 3.05) is 20.3 Å². The second kappa shape index (κ2) is 13.2. The Morgan fingerprint density at radius 2 is 1.79 bits per heavy atom. The van der Waals surface area contributed by atoms with Gasteiger partial charge in [0.25, 0.3) is 5.91 Å². The lowest BCUT2D eigenvalue weighted by Gasteiger charge is -2.14. The van der Waals surface area contributed by atoms with Gasteiger partial charge in [0.2, 0.25) is 10.9 Å².